The highest BCUT2D eigenvalue weighted by Crippen LogP contribution is 2.41. The molecule has 1 atom stereocenters. The molecule has 0 spiro atoms. The summed E-state index contributed by atoms with van der Waals surface area (Å²) in [7, 11) is 0. The molecule has 0 aliphatic heterocycles. The molecular formula is C18H24N2O. The number of carbonyl (C=O) groups is 1. The fraction of sp³-hybridized carbons (Fsp3) is 0.611. The van der Waals surface area contributed by atoms with E-state index in [0.717, 1.165) is 31.2 Å². The van der Waals surface area contributed by atoms with Crippen LogP contribution in [0.3, 0.4) is 0 Å². The highest BCUT2D eigenvalue weighted by molar-refractivity contribution is 5.90. The molecule has 3 nitrogen and oxygen atoms in total. The number of hydrogen-bond acceptors (Lipinski definition) is 3. The highest BCUT2D eigenvalue weighted by Gasteiger charge is 2.35. The van der Waals surface area contributed by atoms with Crippen LogP contribution >= 0.6 is 0 Å². The number of Topliss-reactive ketones (excluding diaryl/α,β-unsaturated/α-hetero) is 1. The van der Waals surface area contributed by atoms with Crippen LogP contribution in [0.5, 0.6) is 0 Å². The first-order valence-electron chi connectivity index (χ1n) is 7.76. The molecule has 3 heteroatoms. The van der Waals surface area contributed by atoms with E-state index < -0.39 is 5.92 Å². The van der Waals surface area contributed by atoms with E-state index in [1.54, 1.807) is 24.5 Å². The summed E-state index contributed by atoms with van der Waals surface area (Å²) >= 11 is 0. The summed E-state index contributed by atoms with van der Waals surface area (Å²) in [5.74, 6) is 0.185. The standard InChI is InChI=1S/C18H24N2O/c1-18(2,3)15-6-4-14(5-7-15)17(21)16(12-19)13-8-10-20-11-9-13/h8-11,14-16H,4-7H2,1-3H3. The molecule has 1 aromatic heterocycles. The maximum Gasteiger partial charge on any atom is 0.157 e. The molecular weight excluding hydrogens is 260 g/mol. The average molecular weight is 284 g/mol. The van der Waals surface area contributed by atoms with Gasteiger partial charge in [0.2, 0.25) is 0 Å². The molecule has 0 amide bonds. The zero-order valence-electron chi connectivity index (χ0n) is 13.2. The first kappa shape index (κ1) is 15.7. The minimum absolute atomic E-state index is 0.0430. The molecule has 1 heterocycles. The lowest BCUT2D eigenvalue weighted by atomic mass is 9.68. The van der Waals surface area contributed by atoms with Crippen molar-refractivity contribution in [2.45, 2.75) is 52.4 Å². The highest BCUT2D eigenvalue weighted by atomic mass is 16.1. The van der Waals surface area contributed by atoms with E-state index in [9.17, 15) is 10.1 Å². The van der Waals surface area contributed by atoms with Gasteiger partial charge < -0.3 is 0 Å². The normalized spacial score (nSPS) is 24.1. The van der Waals surface area contributed by atoms with Crippen LogP contribution in [0.2, 0.25) is 0 Å². The van der Waals surface area contributed by atoms with Gasteiger partial charge in [0.25, 0.3) is 0 Å². The van der Waals surface area contributed by atoms with E-state index in [2.05, 4.69) is 31.8 Å². The van der Waals surface area contributed by atoms with Crippen LogP contribution in [0, 0.1) is 28.6 Å². The zero-order valence-corrected chi connectivity index (χ0v) is 13.2. The summed E-state index contributed by atoms with van der Waals surface area (Å²) in [5, 5.41) is 9.37. The molecule has 0 N–H and O–H groups in total. The van der Waals surface area contributed by atoms with Gasteiger partial charge in [-0.2, -0.15) is 5.26 Å². The molecule has 1 fully saturated rings. The molecule has 0 bridgehead atoms. The van der Waals surface area contributed by atoms with E-state index in [1.807, 2.05) is 0 Å². The second-order valence-electron chi connectivity index (χ2n) is 7.16. The minimum Gasteiger partial charge on any atom is -0.298 e. The smallest absolute Gasteiger partial charge is 0.157 e. The van der Waals surface area contributed by atoms with E-state index in [4.69, 9.17) is 0 Å². The number of rotatable bonds is 3. The van der Waals surface area contributed by atoms with Crippen molar-refractivity contribution >= 4 is 5.78 Å². The summed E-state index contributed by atoms with van der Waals surface area (Å²) in [4.78, 5) is 16.6. The Kier molecular flexibility index (Phi) is 4.77. The number of aromatic nitrogens is 1. The van der Waals surface area contributed by atoms with Crippen molar-refractivity contribution < 1.29 is 4.79 Å². The summed E-state index contributed by atoms with van der Waals surface area (Å²) in [6.45, 7) is 6.82. The van der Waals surface area contributed by atoms with Gasteiger partial charge in [-0.15, -0.1) is 0 Å². The van der Waals surface area contributed by atoms with Crippen LogP contribution in [0.25, 0.3) is 0 Å². The largest absolute Gasteiger partial charge is 0.298 e. The average Bonchev–Trinajstić information content (AvgIpc) is 2.48. The molecule has 0 aromatic carbocycles. The number of carbonyl (C=O) groups excluding carboxylic acids is 1. The monoisotopic (exact) mass is 284 g/mol. The zero-order chi connectivity index (χ0) is 15.5. The third-order valence-corrected chi connectivity index (χ3v) is 4.81. The van der Waals surface area contributed by atoms with Crippen molar-refractivity contribution in [3.8, 4) is 6.07 Å². The van der Waals surface area contributed by atoms with Crippen LogP contribution in [-0.2, 0) is 4.79 Å². The Morgan fingerprint density at radius 3 is 2.29 bits per heavy atom. The predicted molar refractivity (Wildman–Crippen MR) is 82.5 cm³/mol. The van der Waals surface area contributed by atoms with Crippen molar-refractivity contribution in [1.29, 1.82) is 5.26 Å². The fourth-order valence-corrected chi connectivity index (χ4v) is 3.34. The van der Waals surface area contributed by atoms with Gasteiger partial charge in [0.1, 0.15) is 5.92 Å². The van der Waals surface area contributed by atoms with E-state index >= 15 is 0 Å². The summed E-state index contributed by atoms with van der Waals surface area (Å²) in [6, 6.07) is 5.72. The van der Waals surface area contributed by atoms with Crippen molar-refractivity contribution in [2.75, 3.05) is 0 Å². The number of nitrogens with zero attached hydrogens (tertiary/aromatic N) is 2. The van der Waals surface area contributed by atoms with Gasteiger partial charge in [0.05, 0.1) is 6.07 Å². The van der Waals surface area contributed by atoms with Crippen molar-refractivity contribution in [1.82, 2.24) is 4.98 Å². The molecule has 112 valence electrons. The van der Waals surface area contributed by atoms with Gasteiger partial charge in [-0.05, 0) is 54.7 Å². The molecule has 1 aromatic rings. The molecule has 1 aliphatic carbocycles. The third kappa shape index (κ3) is 3.69. The van der Waals surface area contributed by atoms with Gasteiger partial charge in [-0.25, -0.2) is 0 Å². The van der Waals surface area contributed by atoms with Gasteiger partial charge >= 0.3 is 0 Å². The second kappa shape index (κ2) is 6.39. The van der Waals surface area contributed by atoms with E-state index in [1.165, 1.54) is 0 Å². The lowest BCUT2D eigenvalue weighted by Gasteiger charge is -2.36. The number of nitriles is 1. The molecule has 1 saturated carbocycles. The van der Waals surface area contributed by atoms with Gasteiger partial charge in [-0.1, -0.05) is 20.8 Å². The fourth-order valence-electron chi connectivity index (χ4n) is 3.34. The Morgan fingerprint density at radius 2 is 1.81 bits per heavy atom. The Bertz CT molecular complexity index is 516. The van der Waals surface area contributed by atoms with Crippen LogP contribution in [0.4, 0.5) is 0 Å². The molecule has 1 aliphatic rings. The summed E-state index contributed by atoms with van der Waals surface area (Å²) in [6.07, 6.45) is 7.31. The second-order valence-corrected chi connectivity index (χ2v) is 7.16. The summed E-state index contributed by atoms with van der Waals surface area (Å²) < 4.78 is 0. The molecule has 2 rings (SSSR count). The lowest BCUT2D eigenvalue weighted by molar-refractivity contribution is -0.124. The van der Waals surface area contributed by atoms with Crippen molar-refractivity contribution in [3.05, 3.63) is 30.1 Å². The third-order valence-electron chi connectivity index (χ3n) is 4.81. The molecule has 1 unspecified atom stereocenters. The predicted octanol–water partition coefficient (Wildman–Crippen LogP) is 4.11. The van der Waals surface area contributed by atoms with Gasteiger partial charge in [-0.3, -0.25) is 9.78 Å². The molecule has 0 radical (unpaired) electrons. The summed E-state index contributed by atoms with van der Waals surface area (Å²) in [5.41, 5.74) is 1.09. The minimum atomic E-state index is -0.635. The number of pyridine rings is 1. The van der Waals surface area contributed by atoms with Crippen molar-refractivity contribution in [3.63, 3.8) is 0 Å². The Balaban J connectivity index is 2.03. The molecule has 0 saturated heterocycles. The van der Waals surface area contributed by atoms with Gasteiger partial charge in [0.15, 0.2) is 5.78 Å². The van der Waals surface area contributed by atoms with Crippen molar-refractivity contribution in [2.24, 2.45) is 17.3 Å². The quantitative estimate of drug-likeness (QED) is 0.839. The maximum atomic E-state index is 12.6. The molecule has 21 heavy (non-hydrogen) atoms. The van der Waals surface area contributed by atoms with E-state index in [-0.39, 0.29) is 11.7 Å². The Morgan fingerprint density at radius 1 is 1.24 bits per heavy atom. The number of ketones is 1. The van der Waals surface area contributed by atoms with E-state index in [0.29, 0.717) is 11.3 Å². The van der Waals surface area contributed by atoms with Crippen LogP contribution in [0.1, 0.15) is 57.9 Å². The van der Waals surface area contributed by atoms with Crippen LogP contribution in [0.15, 0.2) is 24.5 Å². The maximum absolute atomic E-state index is 12.6. The Labute approximate surface area is 127 Å². The lowest BCUT2D eigenvalue weighted by Crippen LogP contribution is -2.30. The first-order chi connectivity index (χ1) is 9.93. The van der Waals surface area contributed by atoms with Crippen LogP contribution in [-0.4, -0.2) is 10.8 Å². The Hall–Kier alpha value is -1.69. The SMILES string of the molecule is CC(C)(C)C1CCC(C(=O)C(C#N)c2ccncc2)CC1. The first-order valence-corrected chi connectivity index (χ1v) is 7.76. The topological polar surface area (TPSA) is 53.8 Å². The number of hydrogen-bond donors (Lipinski definition) is 0. The van der Waals surface area contributed by atoms with Gasteiger partial charge in [0, 0.05) is 18.3 Å². The van der Waals surface area contributed by atoms with Crippen LogP contribution < -0.4 is 0 Å².